The first-order valence-electron chi connectivity index (χ1n) is 9.28. The van der Waals surface area contributed by atoms with Gasteiger partial charge in [-0.05, 0) is 13.0 Å². The summed E-state index contributed by atoms with van der Waals surface area (Å²) in [6.45, 7) is 9.83. The van der Waals surface area contributed by atoms with Gasteiger partial charge < -0.3 is 10.3 Å². The zero-order valence-electron chi connectivity index (χ0n) is 16.8. The third-order valence-corrected chi connectivity index (χ3v) is 4.75. The van der Waals surface area contributed by atoms with E-state index < -0.39 is 0 Å². The van der Waals surface area contributed by atoms with Crippen LogP contribution in [0.15, 0.2) is 42.4 Å². The number of benzene rings is 1. The normalized spacial score (nSPS) is 14.1. The van der Waals surface area contributed by atoms with Crippen LogP contribution in [0.4, 0.5) is 0 Å². The average Bonchev–Trinajstić information content (AvgIpc) is 3.03. The predicted octanol–water partition coefficient (Wildman–Crippen LogP) is 3.73. The molecule has 0 aliphatic rings. The molecule has 27 heavy (non-hydrogen) atoms. The summed E-state index contributed by atoms with van der Waals surface area (Å²) >= 11 is 0. The number of para-hydroxylation sites is 1. The Kier molecular flexibility index (Phi) is 5.48. The van der Waals surface area contributed by atoms with Crippen LogP contribution < -0.4 is 11.2 Å². The molecule has 1 atom stereocenters. The number of pyridine rings is 1. The van der Waals surface area contributed by atoms with Gasteiger partial charge in [0.05, 0.1) is 30.2 Å². The standard InChI is InChI=1S/C21H29N5O/c1-14(11-22)18-19-20(16-8-6-7-9-17(16)24-18)26(13-23-19)12-21(3,4)10-15(2)25-27-5/h6-10,13-14,25H,11-12,22H2,1-5H3. The minimum atomic E-state index is -0.0900. The van der Waals surface area contributed by atoms with E-state index in [0.29, 0.717) is 6.54 Å². The Bertz CT molecular complexity index is 973. The maximum Gasteiger partial charge on any atom is 0.111 e. The molecule has 6 nitrogen and oxygen atoms in total. The zero-order chi connectivity index (χ0) is 19.6. The Morgan fingerprint density at radius 1 is 1.37 bits per heavy atom. The molecule has 144 valence electrons. The minimum Gasteiger partial charge on any atom is -0.330 e. The fourth-order valence-electron chi connectivity index (χ4n) is 3.64. The lowest BCUT2D eigenvalue weighted by molar-refractivity contribution is 0.116. The number of aromatic nitrogens is 3. The van der Waals surface area contributed by atoms with Gasteiger partial charge in [0.1, 0.15) is 5.52 Å². The number of nitrogens with zero attached hydrogens (tertiary/aromatic N) is 3. The van der Waals surface area contributed by atoms with Gasteiger partial charge in [-0.2, -0.15) is 0 Å². The fraction of sp³-hybridized carbons (Fsp3) is 0.429. The second-order valence-electron chi connectivity index (χ2n) is 7.84. The van der Waals surface area contributed by atoms with Crippen molar-refractivity contribution in [3.8, 4) is 0 Å². The van der Waals surface area contributed by atoms with Gasteiger partial charge in [0, 0.05) is 35.5 Å². The first-order valence-corrected chi connectivity index (χ1v) is 9.28. The van der Waals surface area contributed by atoms with Crippen LogP contribution in [0.5, 0.6) is 0 Å². The highest BCUT2D eigenvalue weighted by Crippen LogP contribution is 2.31. The van der Waals surface area contributed by atoms with Gasteiger partial charge >= 0.3 is 0 Å². The fourth-order valence-corrected chi connectivity index (χ4v) is 3.64. The van der Waals surface area contributed by atoms with Gasteiger partial charge in [0.15, 0.2) is 0 Å². The number of hydroxylamine groups is 1. The summed E-state index contributed by atoms with van der Waals surface area (Å²) in [7, 11) is 1.62. The van der Waals surface area contributed by atoms with Crippen molar-refractivity contribution in [2.24, 2.45) is 11.1 Å². The first kappa shape index (κ1) is 19.3. The van der Waals surface area contributed by atoms with Gasteiger partial charge in [-0.15, -0.1) is 0 Å². The Hall–Kier alpha value is -2.44. The summed E-state index contributed by atoms with van der Waals surface area (Å²) in [5.41, 5.74) is 13.7. The number of hydrogen-bond donors (Lipinski definition) is 2. The van der Waals surface area contributed by atoms with Crippen LogP contribution in [0, 0.1) is 5.41 Å². The molecule has 0 bridgehead atoms. The van der Waals surface area contributed by atoms with Crippen molar-refractivity contribution >= 4 is 21.9 Å². The summed E-state index contributed by atoms with van der Waals surface area (Å²) in [6.07, 6.45) is 4.09. The van der Waals surface area contributed by atoms with Gasteiger partial charge in [-0.25, -0.2) is 4.98 Å². The second kappa shape index (κ2) is 7.66. The zero-order valence-corrected chi connectivity index (χ0v) is 16.8. The van der Waals surface area contributed by atoms with E-state index in [-0.39, 0.29) is 11.3 Å². The molecule has 0 saturated carbocycles. The molecular weight excluding hydrogens is 338 g/mol. The van der Waals surface area contributed by atoms with E-state index in [1.165, 1.54) is 0 Å². The van der Waals surface area contributed by atoms with Crippen LogP contribution in [0.25, 0.3) is 21.9 Å². The molecular formula is C21H29N5O. The van der Waals surface area contributed by atoms with Crippen LogP contribution in [0.1, 0.15) is 39.3 Å². The molecule has 1 unspecified atom stereocenters. The van der Waals surface area contributed by atoms with Gasteiger partial charge in [0.25, 0.3) is 0 Å². The topological polar surface area (TPSA) is 78.0 Å². The number of nitrogens with one attached hydrogen (secondary N) is 1. The molecule has 1 aromatic carbocycles. The molecule has 3 rings (SSSR count). The monoisotopic (exact) mass is 367 g/mol. The molecule has 2 heterocycles. The molecule has 6 heteroatoms. The highest BCUT2D eigenvalue weighted by Gasteiger charge is 2.21. The SMILES string of the molecule is CONC(C)=CC(C)(C)Cn1cnc2c(C(C)CN)nc3ccccc3c21. The lowest BCUT2D eigenvalue weighted by Gasteiger charge is -2.23. The van der Waals surface area contributed by atoms with E-state index in [4.69, 9.17) is 20.5 Å². The molecule has 0 fully saturated rings. The van der Waals surface area contributed by atoms with Crippen molar-refractivity contribution in [3.63, 3.8) is 0 Å². The minimum absolute atomic E-state index is 0.0900. The summed E-state index contributed by atoms with van der Waals surface area (Å²) < 4.78 is 2.22. The van der Waals surface area contributed by atoms with E-state index >= 15 is 0 Å². The highest BCUT2D eigenvalue weighted by molar-refractivity contribution is 6.03. The number of nitrogens with two attached hydrogens (primary N) is 1. The lowest BCUT2D eigenvalue weighted by atomic mass is 9.92. The number of hydrogen-bond acceptors (Lipinski definition) is 5. The summed E-state index contributed by atoms with van der Waals surface area (Å²) in [4.78, 5) is 14.6. The van der Waals surface area contributed by atoms with Crippen molar-refractivity contribution < 1.29 is 4.84 Å². The van der Waals surface area contributed by atoms with Crippen molar-refractivity contribution in [1.29, 1.82) is 0 Å². The van der Waals surface area contributed by atoms with Crippen LogP contribution in [0.3, 0.4) is 0 Å². The number of allylic oxidation sites excluding steroid dienone is 2. The van der Waals surface area contributed by atoms with E-state index in [1.54, 1.807) is 7.11 Å². The third kappa shape index (κ3) is 3.96. The summed E-state index contributed by atoms with van der Waals surface area (Å²) in [6, 6.07) is 8.23. The van der Waals surface area contributed by atoms with Crippen molar-refractivity contribution in [1.82, 2.24) is 20.0 Å². The maximum atomic E-state index is 5.93. The Labute approximate surface area is 160 Å². The molecule has 2 aromatic heterocycles. The van der Waals surface area contributed by atoms with E-state index in [2.05, 4.69) is 49.0 Å². The quantitative estimate of drug-likeness (QED) is 0.622. The van der Waals surface area contributed by atoms with Crippen LogP contribution >= 0.6 is 0 Å². The molecule has 0 aliphatic heterocycles. The van der Waals surface area contributed by atoms with Crippen molar-refractivity contribution in [2.75, 3.05) is 13.7 Å². The van der Waals surface area contributed by atoms with Gasteiger partial charge in [-0.3, -0.25) is 15.3 Å². The molecule has 0 spiro atoms. The van der Waals surface area contributed by atoms with Crippen molar-refractivity contribution in [2.45, 2.75) is 40.2 Å². The predicted molar refractivity (Wildman–Crippen MR) is 110 cm³/mol. The van der Waals surface area contributed by atoms with Crippen LogP contribution in [0.2, 0.25) is 0 Å². The average molecular weight is 367 g/mol. The van der Waals surface area contributed by atoms with Crippen molar-refractivity contribution in [3.05, 3.63) is 48.1 Å². The maximum absolute atomic E-state index is 5.93. The van der Waals surface area contributed by atoms with E-state index in [0.717, 1.165) is 39.9 Å². The van der Waals surface area contributed by atoms with E-state index in [9.17, 15) is 0 Å². The molecule has 0 saturated heterocycles. The molecule has 0 radical (unpaired) electrons. The van der Waals surface area contributed by atoms with Crippen LogP contribution in [-0.4, -0.2) is 28.2 Å². The smallest absolute Gasteiger partial charge is 0.111 e. The Morgan fingerprint density at radius 3 is 2.81 bits per heavy atom. The Morgan fingerprint density at radius 2 is 2.11 bits per heavy atom. The largest absolute Gasteiger partial charge is 0.330 e. The van der Waals surface area contributed by atoms with Gasteiger partial charge in [-0.1, -0.05) is 45.0 Å². The molecule has 0 amide bonds. The number of imidazole rings is 1. The summed E-state index contributed by atoms with van der Waals surface area (Å²) in [5, 5.41) is 1.12. The van der Waals surface area contributed by atoms with Crippen LogP contribution in [-0.2, 0) is 11.4 Å². The summed E-state index contributed by atoms with van der Waals surface area (Å²) in [5.74, 6) is 0.154. The first-order chi connectivity index (χ1) is 12.9. The van der Waals surface area contributed by atoms with Gasteiger partial charge in [0.2, 0.25) is 0 Å². The highest BCUT2D eigenvalue weighted by atomic mass is 16.6. The number of fused-ring (bicyclic) bond motifs is 3. The lowest BCUT2D eigenvalue weighted by Crippen LogP contribution is -2.20. The molecule has 3 N–H and O–H groups in total. The molecule has 0 aliphatic carbocycles. The second-order valence-corrected chi connectivity index (χ2v) is 7.84. The Balaban J connectivity index is 2.15. The van der Waals surface area contributed by atoms with E-state index in [1.807, 2.05) is 25.4 Å². The molecule has 3 aromatic rings. The number of rotatable bonds is 7. The third-order valence-electron chi connectivity index (χ3n) is 4.75.